The second-order valence-electron chi connectivity index (χ2n) is 8.47. The maximum absolute atomic E-state index is 10.2. The highest BCUT2D eigenvalue weighted by atomic mass is 16.5. The summed E-state index contributed by atoms with van der Waals surface area (Å²) in [5.74, 6) is 0.844. The van der Waals surface area contributed by atoms with Gasteiger partial charge in [-0.1, -0.05) is 18.6 Å². The van der Waals surface area contributed by atoms with Crippen molar-refractivity contribution in [3.63, 3.8) is 0 Å². The van der Waals surface area contributed by atoms with E-state index in [9.17, 15) is 5.11 Å². The van der Waals surface area contributed by atoms with Crippen molar-refractivity contribution in [3.8, 4) is 5.75 Å². The molecular weight excluding hydrogens is 354 g/mol. The zero-order valence-electron chi connectivity index (χ0n) is 17.0. The number of likely N-dealkylation sites (tertiary alicyclic amines) is 2. The lowest BCUT2D eigenvalue weighted by atomic mass is 10.0. The Morgan fingerprint density at radius 2 is 1.68 bits per heavy atom. The van der Waals surface area contributed by atoms with Gasteiger partial charge in [-0.05, 0) is 43.6 Å². The number of hydrogen-bond donors (Lipinski definition) is 1. The zero-order valence-corrected chi connectivity index (χ0v) is 17.0. The SMILES string of the molecule is O[C@@H](COc1ccc(CN2CC(N3CCOCC3)C2)cc1)CN1CCCCC1. The van der Waals surface area contributed by atoms with Crippen molar-refractivity contribution in [2.45, 2.75) is 38.0 Å². The average molecular weight is 390 g/mol. The third-order valence-corrected chi connectivity index (χ3v) is 6.19. The van der Waals surface area contributed by atoms with E-state index in [1.807, 2.05) is 12.1 Å². The summed E-state index contributed by atoms with van der Waals surface area (Å²) in [5, 5.41) is 10.2. The van der Waals surface area contributed by atoms with Crippen molar-refractivity contribution in [2.24, 2.45) is 0 Å². The Hall–Kier alpha value is -1.18. The lowest BCUT2D eigenvalue weighted by Crippen LogP contribution is -2.60. The second-order valence-corrected chi connectivity index (χ2v) is 8.47. The Labute approximate surface area is 169 Å². The molecule has 6 nitrogen and oxygen atoms in total. The van der Waals surface area contributed by atoms with Crippen molar-refractivity contribution >= 4 is 0 Å². The quantitative estimate of drug-likeness (QED) is 0.726. The number of morpholine rings is 1. The van der Waals surface area contributed by atoms with Crippen LogP contribution in [0, 0.1) is 0 Å². The van der Waals surface area contributed by atoms with Gasteiger partial charge in [0.15, 0.2) is 0 Å². The maximum Gasteiger partial charge on any atom is 0.119 e. The summed E-state index contributed by atoms with van der Waals surface area (Å²) >= 11 is 0. The molecule has 0 bridgehead atoms. The Morgan fingerprint density at radius 1 is 0.964 bits per heavy atom. The van der Waals surface area contributed by atoms with E-state index in [0.29, 0.717) is 12.6 Å². The van der Waals surface area contributed by atoms with Crippen LogP contribution in [0.15, 0.2) is 24.3 Å². The van der Waals surface area contributed by atoms with Crippen LogP contribution >= 0.6 is 0 Å². The smallest absolute Gasteiger partial charge is 0.119 e. The predicted octanol–water partition coefficient (Wildman–Crippen LogP) is 1.43. The summed E-state index contributed by atoms with van der Waals surface area (Å²) in [5.41, 5.74) is 1.32. The summed E-state index contributed by atoms with van der Waals surface area (Å²) in [4.78, 5) is 7.41. The van der Waals surface area contributed by atoms with Crippen LogP contribution in [-0.4, -0.2) is 97.6 Å². The first-order chi connectivity index (χ1) is 13.8. The first-order valence-corrected chi connectivity index (χ1v) is 10.9. The lowest BCUT2D eigenvalue weighted by molar-refractivity contribution is -0.0344. The standard InChI is InChI=1S/C22H35N3O3/c26-21(17-23-8-2-1-3-9-23)18-28-22-6-4-19(5-7-22)14-24-15-20(16-24)25-10-12-27-13-11-25/h4-7,20-21,26H,1-3,8-18H2/t21-/m1/s1. The molecule has 4 rings (SSSR count). The third-order valence-electron chi connectivity index (χ3n) is 6.19. The number of ether oxygens (including phenoxy) is 2. The van der Waals surface area contributed by atoms with Gasteiger partial charge in [0.25, 0.3) is 0 Å². The van der Waals surface area contributed by atoms with E-state index in [-0.39, 0.29) is 0 Å². The molecule has 156 valence electrons. The fourth-order valence-electron chi connectivity index (χ4n) is 4.48. The van der Waals surface area contributed by atoms with Crippen LogP contribution in [0.25, 0.3) is 0 Å². The van der Waals surface area contributed by atoms with Crippen molar-refractivity contribution in [1.29, 1.82) is 0 Å². The fraction of sp³-hybridized carbons (Fsp3) is 0.727. The summed E-state index contributed by atoms with van der Waals surface area (Å²) in [7, 11) is 0. The Morgan fingerprint density at radius 3 is 2.39 bits per heavy atom. The minimum Gasteiger partial charge on any atom is -0.491 e. The van der Waals surface area contributed by atoms with E-state index in [2.05, 4.69) is 26.8 Å². The summed E-state index contributed by atoms with van der Waals surface area (Å²) in [6, 6.07) is 9.06. The summed E-state index contributed by atoms with van der Waals surface area (Å²) in [6.07, 6.45) is 3.40. The molecule has 0 radical (unpaired) electrons. The first kappa shape index (κ1) is 20.1. The number of benzene rings is 1. The average Bonchev–Trinajstić information content (AvgIpc) is 2.71. The third kappa shape index (κ3) is 5.67. The molecule has 0 saturated carbocycles. The Kier molecular flexibility index (Phi) is 7.20. The molecule has 0 aliphatic carbocycles. The van der Waals surface area contributed by atoms with E-state index in [4.69, 9.17) is 9.47 Å². The van der Waals surface area contributed by atoms with Gasteiger partial charge in [0.05, 0.1) is 13.2 Å². The van der Waals surface area contributed by atoms with Crippen molar-refractivity contribution in [1.82, 2.24) is 14.7 Å². The van der Waals surface area contributed by atoms with E-state index in [1.54, 1.807) is 0 Å². The Balaban J connectivity index is 1.14. The van der Waals surface area contributed by atoms with Gasteiger partial charge in [-0.15, -0.1) is 0 Å². The number of aliphatic hydroxyl groups is 1. The minimum atomic E-state index is -0.420. The van der Waals surface area contributed by atoms with Gasteiger partial charge in [-0.3, -0.25) is 9.80 Å². The minimum absolute atomic E-state index is 0.364. The first-order valence-electron chi connectivity index (χ1n) is 10.9. The van der Waals surface area contributed by atoms with Crippen LogP contribution in [0.4, 0.5) is 0 Å². The summed E-state index contributed by atoms with van der Waals surface area (Å²) < 4.78 is 11.2. The van der Waals surface area contributed by atoms with E-state index in [0.717, 1.165) is 71.3 Å². The van der Waals surface area contributed by atoms with Crippen LogP contribution in [0.2, 0.25) is 0 Å². The maximum atomic E-state index is 10.2. The van der Waals surface area contributed by atoms with Crippen LogP contribution in [0.5, 0.6) is 5.75 Å². The highest BCUT2D eigenvalue weighted by Gasteiger charge is 2.32. The molecule has 1 N–H and O–H groups in total. The van der Waals surface area contributed by atoms with Gasteiger partial charge in [-0.2, -0.15) is 0 Å². The number of β-amino-alcohol motifs (C(OH)–C–C–N with tert-alkyl or cyclic N) is 1. The number of aliphatic hydroxyl groups excluding tert-OH is 1. The van der Waals surface area contributed by atoms with Crippen molar-refractivity contribution in [3.05, 3.63) is 29.8 Å². The molecule has 3 aliphatic rings. The van der Waals surface area contributed by atoms with E-state index >= 15 is 0 Å². The molecule has 0 aromatic heterocycles. The molecule has 0 amide bonds. The monoisotopic (exact) mass is 389 g/mol. The van der Waals surface area contributed by atoms with E-state index in [1.165, 1.54) is 24.8 Å². The number of rotatable bonds is 8. The van der Waals surface area contributed by atoms with Crippen LogP contribution in [0.3, 0.4) is 0 Å². The highest BCUT2D eigenvalue weighted by molar-refractivity contribution is 5.27. The molecule has 6 heteroatoms. The number of nitrogens with zero attached hydrogens (tertiary/aromatic N) is 3. The summed E-state index contributed by atoms with van der Waals surface area (Å²) in [6.45, 7) is 10.5. The Bertz CT molecular complexity index is 579. The highest BCUT2D eigenvalue weighted by Crippen LogP contribution is 2.20. The topological polar surface area (TPSA) is 48.4 Å². The van der Waals surface area contributed by atoms with Gasteiger partial charge in [0.1, 0.15) is 18.5 Å². The van der Waals surface area contributed by atoms with Crippen molar-refractivity contribution in [2.75, 3.05) is 65.6 Å². The van der Waals surface area contributed by atoms with Gasteiger partial charge in [-0.25, -0.2) is 0 Å². The van der Waals surface area contributed by atoms with Gasteiger partial charge >= 0.3 is 0 Å². The van der Waals surface area contributed by atoms with Crippen LogP contribution < -0.4 is 4.74 Å². The zero-order chi connectivity index (χ0) is 19.2. The predicted molar refractivity (Wildman–Crippen MR) is 110 cm³/mol. The van der Waals surface area contributed by atoms with Gasteiger partial charge in [0.2, 0.25) is 0 Å². The molecule has 3 heterocycles. The lowest BCUT2D eigenvalue weighted by Gasteiger charge is -2.46. The van der Waals surface area contributed by atoms with Gasteiger partial charge in [0, 0.05) is 45.3 Å². The molecule has 3 saturated heterocycles. The number of hydrogen-bond acceptors (Lipinski definition) is 6. The molecule has 1 aromatic rings. The molecule has 0 spiro atoms. The second kappa shape index (κ2) is 10.0. The van der Waals surface area contributed by atoms with Gasteiger partial charge < -0.3 is 19.5 Å². The largest absolute Gasteiger partial charge is 0.491 e. The van der Waals surface area contributed by atoms with Crippen molar-refractivity contribution < 1.29 is 14.6 Å². The van der Waals surface area contributed by atoms with Crippen LogP contribution in [-0.2, 0) is 11.3 Å². The molecule has 1 atom stereocenters. The molecular formula is C22H35N3O3. The molecule has 1 aromatic carbocycles. The fourth-order valence-corrected chi connectivity index (χ4v) is 4.48. The normalized spacial score (nSPS) is 24.0. The molecule has 3 fully saturated rings. The molecule has 0 unspecified atom stereocenters. The van der Waals surface area contributed by atoms with E-state index < -0.39 is 6.10 Å². The number of piperidine rings is 1. The molecule has 28 heavy (non-hydrogen) atoms. The molecule has 3 aliphatic heterocycles. The van der Waals surface area contributed by atoms with Crippen LogP contribution in [0.1, 0.15) is 24.8 Å².